The molecule has 1 aliphatic heterocycles. The third-order valence-corrected chi connectivity index (χ3v) is 10.1. The van der Waals surface area contributed by atoms with E-state index in [0.29, 0.717) is 18.9 Å². The van der Waals surface area contributed by atoms with Gasteiger partial charge in [-0.05, 0) is 72.7 Å². The standard InChI is InChI=1S/C34H40F5NO4S/c1-32(25-10-14-27(41)15-11-25)23-44-31-22-28(42)16-17-29(31)30(32)7-4-3-6-24-8-12-26(13-9-24)40(2)19-21-45(43)20-5-18-33(35,36)34(37,38)39/h8-17,22,30,41-42H,3-7,18-21,23H2,1-2H3. The minimum Gasteiger partial charge on any atom is -0.508 e. The van der Waals surface area contributed by atoms with Crippen LogP contribution in [0, 0.1) is 0 Å². The van der Waals surface area contributed by atoms with Crippen LogP contribution >= 0.6 is 0 Å². The predicted molar refractivity (Wildman–Crippen MR) is 167 cm³/mol. The Morgan fingerprint density at radius 2 is 1.58 bits per heavy atom. The Bertz CT molecular complexity index is 1430. The van der Waals surface area contributed by atoms with Gasteiger partial charge in [0.1, 0.15) is 17.2 Å². The van der Waals surface area contributed by atoms with Crippen LogP contribution in [0.25, 0.3) is 0 Å². The summed E-state index contributed by atoms with van der Waals surface area (Å²) in [6, 6.07) is 20.5. The summed E-state index contributed by atoms with van der Waals surface area (Å²) in [6.45, 7) is 3.01. The first-order valence-corrected chi connectivity index (χ1v) is 16.5. The second-order valence-corrected chi connectivity index (χ2v) is 13.7. The number of hydrogen-bond acceptors (Lipinski definition) is 5. The Hall–Kier alpha value is -3.34. The first-order valence-electron chi connectivity index (χ1n) is 15.0. The molecule has 0 saturated carbocycles. The summed E-state index contributed by atoms with van der Waals surface area (Å²) in [4.78, 5) is 1.89. The minimum atomic E-state index is -5.58. The monoisotopic (exact) mass is 653 g/mol. The van der Waals surface area contributed by atoms with Crippen molar-refractivity contribution >= 4 is 16.5 Å². The van der Waals surface area contributed by atoms with Gasteiger partial charge in [0.05, 0.1) is 6.61 Å². The lowest BCUT2D eigenvalue weighted by atomic mass is 9.66. The lowest BCUT2D eigenvalue weighted by molar-refractivity contribution is -0.284. The summed E-state index contributed by atoms with van der Waals surface area (Å²) in [5.74, 6) is -3.57. The van der Waals surface area contributed by atoms with Crippen LogP contribution in [0.4, 0.5) is 27.6 Å². The van der Waals surface area contributed by atoms with Gasteiger partial charge in [0.15, 0.2) is 0 Å². The molecule has 0 saturated heterocycles. The summed E-state index contributed by atoms with van der Waals surface area (Å²) in [7, 11) is 0.324. The maximum Gasteiger partial charge on any atom is 0.453 e. The quantitative estimate of drug-likeness (QED) is 0.136. The van der Waals surface area contributed by atoms with Crippen molar-refractivity contribution in [2.24, 2.45) is 0 Å². The number of benzene rings is 3. The van der Waals surface area contributed by atoms with E-state index in [1.165, 1.54) is 5.56 Å². The van der Waals surface area contributed by atoms with Gasteiger partial charge in [0, 0.05) is 65.4 Å². The summed E-state index contributed by atoms with van der Waals surface area (Å²) in [6.07, 6.45) is -3.70. The Balaban J connectivity index is 1.27. The smallest absolute Gasteiger partial charge is 0.453 e. The Morgan fingerprint density at radius 3 is 2.24 bits per heavy atom. The predicted octanol–water partition coefficient (Wildman–Crippen LogP) is 8.11. The van der Waals surface area contributed by atoms with E-state index in [9.17, 15) is 36.4 Å². The fourth-order valence-corrected chi connectivity index (χ4v) is 7.02. The number of aryl methyl sites for hydroxylation is 1. The van der Waals surface area contributed by atoms with E-state index in [4.69, 9.17) is 4.74 Å². The summed E-state index contributed by atoms with van der Waals surface area (Å²) in [5.41, 5.74) is 3.88. The molecule has 3 aromatic rings. The molecule has 0 aliphatic carbocycles. The molecule has 0 aromatic heterocycles. The number of fused-ring (bicyclic) bond motifs is 1. The van der Waals surface area contributed by atoms with Gasteiger partial charge in [-0.2, -0.15) is 22.0 Å². The van der Waals surface area contributed by atoms with Crippen LogP contribution in [-0.4, -0.2) is 58.2 Å². The molecule has 1 aliphatic rings. The molecule has 246 valence electrons. The highest BCUT2D eigenvalue weighted by Gasteiger charge is 2.56. The number of nitrogens with zero attached hydrogens (tertiary/aromatic N) is 1. The number of hydrogen-bond donors (Lipinski definition) is 2. The van der Waals surface area contributed by atoms with Crippen LogP contribution in [0.1, 0.15) is 61.6 Å². The highest BCUT2D eigenvalue weighted by molar-refractivity contribution is 7.85. The number of phenols is 2. The second-order valence-electron chi connectivity index (χ2n) is 12.0. The van der Waals surface area contributed by atoms with Gasteiger partial charge in [-0.3, -0.25) is 4.21 Å². The molecule has 45 heavy (non-hydrogen) atoms. The fraction of sp³-hybridized carbons (Fsp3) is 0.471. The van der Waals surface area contributed by atoms with Crippen molar-refractivity contribution in [3.05, 3.63) is 83.4 Å². The van der Waals surface area contributed by atoms with Gasteiger partial charge in [0.2, 0.25) is 0 Å². The lowest BCUT2D eigenvalue weighted by Crippen LogP contribution is -2.40. The summed E-state index contributed by atoms with van der Waals surface area (Å²) in [5, 5.41) is 19.8. The first kappa shape index (κ1) is 34.5. The zero-order valence-electron chi connectivity index (χ0n) is 25.5. The lowest BCUT2D eigenvalue weighted by Gasteiger charge is -2.43. The van der Waals surface area contributed by atoms with Crippen molar-refractivity contribution in [2.75, 3.05) is 36.6 Å². The molecule has 0 bridgehead atoms. The average molecular weight is 654 g/mol. The molecule has 0 radical (unpaired) electrons. The van der Waals surface area contributed by atoms with E-state index in [1.807, 2.05) is 54.4 Å². The number of unbranched alkanes of at least 4 members (excludes halogenated alkanes) is 1. The molecule has 2 N–H and O–H groups in total. The van der Waals surface area contributed by atoms with Crippen molar-refractivity contribution < 1.29 is 41.1 Å². The summed E-state index contributed by atoms with van der Waals surface area (Å²) < 4.78 is 81.3. The maximum atomic E-state index is 13.1. The van der Waals surface area contributed by atoms with Crippen LogP contribution in [0.15, 0.2) is 66.7 Å². The third kappa shape index (κ3) is 8.68. The van der Waals surface area contributed by atoms with Crippen LogP contribution in [-0.2, 0) is 22.6 Å². The molecule has 1 heterocycles. The number of halogens is 5. The fourth-order valence-electron chi connectivity index (χ4n) is 5.87. The molecule has 11 heteroatoms. The van der Waals surface area contributed by atoms with Gasteiger partial charge >= 0.3 is 12.1 Å². The van der Waals surface area contributed by atoms with Gasteiger partial charge in [0.25, 0.3) is 0 Å². The Kier molecular flexibility index (Phi) is 11.0. The first-order chi connectivity index (χ1) is 21.2. The highest BCUT2D eigenvalue weighted by Crippen LogP contribution is 2.49. The van der Waals surface area contributed by atoms with Crippen molar-refractivity contribution in [3.8, 4) is 17.2 Å². The number of aromatic hydroxyl groups is 2. The molecule has 3 aromatic carbocycles. The molecule has 3 atom stereocenters. The normalized spacial score (nSPS) is 19.0. The van der Waals surface area contributed by atoms with Crippen molar-refractivity contribution in [3.63, 3.8) is 0 Å². The van der Waals surface area contributed by atoms with E-state index >= 15 is 0 Å². The van der Waals surface area contributed by atoms with E-state index in [1.54, 1.807) is 24.3 Å². The number of anilines is 1. The SMILES string of the molecule is CN(CCS(=O)CCCC(F)(F)C(F)(F)F)c1ccc(CCCCC2c3ccc(O)cc3OCC2(C)c2ccc(O)cc2)cc1. The van der Waals surface area contributed by atoms with E-state index < -0.39 is 35.7 Å². The molecule has 3 unspecified atom stereocenters. The molecule has 0 amide bonds. The Morgan fingerprint density at radius 1 is 0.911 bits per heavy atom. The molecule has 4 rings (SSSR count). The van der Waals surface area contributed by atoms with E-state index in [-0.39, 0.29) is 34.3 Å². The second kappa shape index (κ2) is 14.4. The van der Waals surface area contributed by atoms with Gasteiger partial charge < -0.3 is 19.8 Å². The van der Waals surface area contributed by atoms with Gasteiger partial charge in [-0.15, -0.1) is 0 Å². The molecule has 0 spiro atoms. The number of ether oxygens (including phenoxy) is 1. The minimum absolute atomic E-state index is 0.147. The van der Waals surface area contributed by atoms with Crippen LogP contribution in [0.2, 0.25) is 0 Å². The van der Waals surface area contributed by atoms with Crippen LogP contribution < -0.4 is 9.64 Å². The van der Waals surface area contributed by atoms with Crippen LogP contribution in [0.3, 0.4) is 0 Å². The van der Waals surface area contributed by atoms with E-state index in [0.717, 1.165) is 42.5 Å². The number of rotatable bonds is 14. The largest absolute Gasteiger partial charge is 0.508 e. The number of alkyl halides is 5. The third-order valence-electron chi connectivity index (χ3n) is 8.71. The molecular weight excluding hydrogens is 613 g/mol. The van der Waals surface area contributed by atoms with Crippen LogP contribution in [0.5, 0.6) is 17.2 Å². The maximum absolute atomic E-state index is 13.1. The summed E-state index contributed by atoms with van der Waals surface area (Å²) >= 11 is 0. The van der Waals surface area contributed by atoms with Crippen molar-refractivity contribution in [1.29, 1.82) is 0 Å². The Labute approximate surface area is 263 Å². The van der Waals surface area contributed by atoms with Crippen molar-refractivity contribution in [2.45, 2.75) is 68.9 Å². The molecule has 0 fully saturated rings. The highest BCUT2D eigenvalue weighted by atomic mass is 32.2. The van der Waals surface area contributed by atoms with Gasteiger partial charge in [-0.25, -0.2) is 0 Å². The molecule has 5 nitrogen and oxygen atoms in total. The zero-order valence-corrected chi connectivity index (χ0v) is 26.3. The molecular formula is C34H40F5NO4S. The van der Waals surface area contributed by atoms with Crippen molar-refractivity contribution in [1.82, 2.24) is 0 Å². The number of phenolic OH excluding ortho intramolecular Hbond substituents is 2. The average Bonchev–Trinajstić information content (AvgIpc) is 2.99. The van der Waals surface area contributed by atoms with Gasteiger partial charge in [-0.1, -0.05) is 43.7 Å². The van der Waals surface area contributed by atoms with E-state index in [2.05, 4.69) is 6.92 Å². The topological polar surface area (TPSA) is 70.0 Å². The zero-order chi connectivity index (χ0) is 32.8.